The molecular formula is C20H17NO3S2. The smallest absolute Gasteiger partial charge is 0.261 e. The van der Waals surface area contributed by atoms with Crippen molar-refractivity contribution in [1.82, 2.24) is 0 Å². The summed E-state index contributed by atoms with van der Waals surface area (Å²) in [4.78, 5) is 13.3. The Kier molecular flexibility index (Phi) is 5.44. The van der Waals surface area contributed by atoms with E-state index in [9.17, 15) is 13.2 Å². The molecule has 1 N–H and O–H groups in total. The standard InChI is InChI=1S/C20H17NO3S2/c1-15(22)16-11-13-18(14-12-16)26(23,24)21-19-9-5-6-10-20(19)25-17-7-3-2-4-8-17/h2-14,21H,1H3. The van der Waals surface area contributed by atoms with Gasteiger partial charge in [0.2, 0.25) is 0 Å². The third-order valence-corrected chi connectivity index (χ3v) is 6.14. The molecule has 6 heteroatoms. The Bertz CT molecular complexity index is 1010. The Hall–Kier alpha value is -2.57. The van der Waals surface area contributed by atoms with E-state index in [0.717, 1.165) is 9.79 Å². The average molecular weight is 383 g/mol. The second kappa shape index (κ2) is 7.76. The fourth-order valence-electron chi connectivity index (χ4n) is 2.33. The van der Waals surface area contributed by atoms with Gasteiger partial charge in [0.15, 0.2) is 5.78 Å². The second-order valence-corrected chi connectivity index (χ2v) is 8.40. The van der Waals surface area contributed by atoms with Crippen LogP contribution in [-0.4, -0.2) is 14.2 Å². The highest BCUT2D eigenvalue weighted by Crippen LogP contribution is 2.34. The monoisotopic (exact) mass is 383 g/mol. The number of carbonyl (C=O) groups excluding carboxylic acids is 1. The highest BCUT2D eigenvalue weighted by Gasteiger charge is 2.16. The van der Waals surface area contributed by atoms with E-state index >= 15 is 0 Å². The average Bonchev–Trinajstić information content (AvgIpc) is 2.64. The van der Waals surface area contributed by atoms with Crippen LogP contribution < -0.4 is 4.72 Å². The van der Waals surface area contributed by atoms with Gasteiger partial charge < -0.3 is 0 Å². The molecule has 0 heterocycles. The number of hydrogen-bond donors (Lipinski definition) is 1. The molecular weight excluding hydrogens is 366 g/mol. The summed E-state index contributed by atoms with van der Waals surface area (Å²) < 4.78 is 28.0. The van der Waals surface area contributed by atoms with Crippen LogP contribution in [0.1, 0.15) is 17.3 Å². The van der Waals surface area contributed by atoms with Crippen LogP contribution in [0.25, 0.3) is 0 Å². The predicted molar refractivity (Wildman–Crippen MR) is 104 cm³/mol. The third-order valence-electron chi connectivity index (χ3n) is 3.67. The van der Waals surface area contributed by atoms with Crippen LogP contribution in [0.15, 0.2) is 93.5 Å². The van der Waals surface area contributed by atoms with Crippen molar-refractivity contribution in [2.45, 2.75) is 21.6 Å². The Balaban J connectivity index is 1.87. The van der Waals surface area contributed by atoms with E-state index in [2.05, 4.69) is 4.72 Å². The molecule has 0 amide bonds. The maximum Gasteiger partial charge on any atom is 0.261 e. The molecule has 0 atom stereocenters. The Morgan fingerprint density at radius 1 is 0.846 bits per heavy atom. The molecule has 4 nitrogen and oxygen atoms in total. The zero-order chi connectivity index (χ0) is 18.6. The maximum atomic E-state index is 12.7. The van der Waals surface area contributed by atoms with E-state index in [0.29, 0.717) is 11.3 Å². The SMILES string of the molecule is CC(=O)c1ccc(S(=O)(=O)Nc2ccccc2Sc2ccccc2)cc1. The summed E-state index contributed by atoms with van der Waals surface area (Å²) in [6.45, 7) is 1.44. The van der Waals surface area contributed by atoms with Crippen LogP contribution >= 0.6 is 11.8 Å². The van der Waals surface area contributed by atoms with E-state index in [1.165, 1.54) is 43.0 Å². The number of rotatable bonds is 6. The van der Waals surface area contributed by atoms with E-state index in [1.807, 2.05) is 42.5 Å². The molecule has 0 saturated carbocycles. The molecule has 3 aromatic rings. The van der Waals surface area contributed by atoms with Gasteiger partial charge in [0, 0.05) is 15.4 Å². The lowest BCUT2D eigenvalue weighted by Crippen LogP contribution is -2.13. The van der Waals surface area contributed by atoms with E-state index < -0.39 is 10.0 Å². The first-order chi connectivity index (χ1) is 12.5. The molecule has 132 valence electrons. The molecule has 0 spiro atoms. The first-order valence-electron chi connectivity index (χ1n) is 7.91. The molecule has 0 saturated heterocycles. The van der Waals surface area contributed by atoms with Gasteiger partial charge in [-0.2, -0.15) is 0 Å². The van der Waals surface area contributed by atoms with E-state index in [4.69, 9.17) is 0 Å². The summed E-state index contributed by atoms with van der Waals surface area (Å²) in [5.74, 6) is -0.105. The highest BCUT2D eigenvalue weighted by atomic mass is 32.2. The summed E-state index contributed by atoms with van der Waals surface area (Å²) in [5, 5.41) is 0. The largest absolute Gasteiger partial charge is 0.295 e. The van der Waals surface area contributed by atoms with Crippen molar-refractivity contribution in [2.75, 3.05) is 4.72 Å². The highest BCUT2D eigenvalue weighted by molar-refractivity contribution is 7.99. The first kappa shape index (κ1) is 18.2. The van der Waals surface area contributed by atoms with Gasteiger partial charge in [0.25, 0.3) is 10.0 Å². The zero-order valence-electron chi connectivity index (χ0n) is 14.0. The number of ketones is 1. The van der Waals surface area contributed by atoms with Crippen molar-refractivity contribution in [3.8, 4) is 0 Å². The van der Waals surface area contributed by atoms with Crippen molar-refractivity contribution >= 4 is 33.3 Å². The number of hydrogen-bond acceptors (Lipinski definition) is 4. The molecule has 0 fully saturated rings. The summed E-state index contributed by atoms with van der Waals surface area (Å²) in [7, 11) is -3.75. The molecule has 0 radical (unpaired) electrons. The van der Waals surface area contributed by atoms with Gasteiger partial charge in [-0.1, -0.05) is 54.2 Å². The lowest BCUT2D eigenvalue weighted by molar-refractivity contribution is 0.101. The Morgan fingerprint density at radius 3 is 2.12 bits per heavy atom. The summed E-state index contributed by atoms with van der Waals surface area (Å²) in [5.41, 5.74) is 0.987. The molecule has 0 aliphatic heterocycles. The van der Waals surface area contributed by atoms with Crippen molar-refractivity contribution in [2.24, 2.45) is 0 Å². The lowest BCUT2D eigenvalue weighted by Gasteiger charge is -2.12. The summed E-state index contributed by atoms with van der Waals surface area (Å²) in [6, 6.07) is 22.9. The van der Waals surface area contributed by atoms with Crippen LogP contribution in [0.5, 0.6) is 0 Å². The van der Waals surface area contributed by atoms with Crippen LogP contribution in [0, 0.1) is 0 Å². The number of para-hydroxylation sites is 1. The molecule has 3 rings (SSSR count). The minimum Gasteiger partial charge on any atom is -0.295 e. The van der Waals surface area contributed by atoms with Crippen LogP contribution in [0.4, 0.5) is 5.69 Å². The van der Waals surface area contributed by atoms with Gasteiger partial charge >= 0.3 is 0 Å². The van der Waals surface area contributed by atoms with Crippen molar-refractivity contribution in [3.63, 3.8) is 0 Å². The predicted octanol–water partition coefficient (Wildman–Crippen LogP) is 4.84. The Morgan fingerprint density at radius 2 is 1.46 bits per heavy atom. The van der Waals surface area contributed by atoms with Crippen molar-refractivity contribution in [1.29, 1.82) is 0 Å². The van der Waals surface area contributed by atoms with Gasteiger partial charge in [-0.25, -0.2) is 8.42 Å². The molecule has 0 bridgehead atoms. The number of Topliss-reactive ketones (excluding diaryl/α,β-unsaturated/α-hetero) is 1. The van der Waals surface area contributed by atoms with Gasteiger partial charge in [0.1, 0.15) is 0 Å². The topological polar surface area (TPSA) is 63.2 Å². The van der Waals surface area contributed by atoms with Crippen LogP contribution in [0.3, 0.4) is 0 Å². The quantitative estimate of drug-likeness (QED) is 0.619. The minimum atomic E-state index is -3.75. The third kappa shape index (κ3) is 4.33. The zero-order valence-corrected chi connectivity index (χ0v) is 15.7. The number of nitrogens with one attached hydrogen (secondary N) is 1. The van der Waals surface area contributed by atoms with E-state index in [1.54, 1.807) is 12.1 Å². The minimum absolute atomic E-state index is 0.105. The molecule has 0 aliphatic carbocycles. The molecule has 0 unspecified atom stereocenters. The van der Waals surface area contributed by atoms with Gasteiger partial charge in [-0.15, -0.1) is 0 Å². The normalized spacial score (nSPS) is 11.1. The van der Waals surface area contributed by atoms with Crippen LogP contribution in [-0.2, 0) is 10.0 Å². The van der Waals surface area contributed by atoms with Gasteiger partial charge in [0.05, 0.1) is 10.6 Å². The van der Waals surface area contributed by atoms with Gasteiger partial charge in [-0.3, -0.25) is 9.52 Å². The van der Waals surface area contributed by atoms with Crippen LogP contribution in [0.2, 0.25) is 0 Å². The van der Waals surface area contributed by atoms with E-state index in [-0.39, 0.29) is 10.7 Å². The number of benzene rings is 3. The maximum absolute atomic E-state index is 12.7. The summed E-state index contributed by atoms with van der Waals surface area (Å²) in [6.07, 6.45) is 0. The number of anilines is 1. The molecule has 3 aromatic carbocycles. The van der Waals surface area contributed by atoms with Gasteiger partial charge in [-0.05, 0) is 43.3 Å². The molecule has 0 aliphatic rings. The van der Waals surface area contributed by atoms with Crippen molar-refractivity contribution in [3.05, 3.63) is 84.4 Å². The first-order valence-corrected chi connectivity index (χ1v) is 10.2. The number of carbonyl (C=O) groups is 1. The molecule has 0 aromatic heterocycles. The number of sulfonamides is 1. The van der Waals surface area contributed by atoms with Crippen molar-refractivity contribution < 1.29 is 13.2 Å². The second-order valence-electron chi connectivity index (χ2n) is 5.60. The Labute approximate surface area is 157 Å². The fraction of sp³-hybridized carbons (Fsp3) is 0.0500. The molecule has 26 heavy (non-hydrogen) atoms. The summed E-state index contributed by atoms with van der Waals surface area (Å²) >= 11 is 1.48. The fourth-order valence-corrected chi connectivity index (χ4v) is 4.40. The lowest BCUT2D eigenvalue weighted by atomic mass is 10.2.